The maximum Gasteiger partial charge on any atom is 0.122 e. The van der Waals surface area contributed by atoms with Crippen molar-refractivity contribution < 1.29 is 5.11 Å². The quantitative estimate of drug-likeness (QED) is 0.850. The van der Waals surface area contributed by atoms with Gasteiger partial charge >= 0.3 is 0 Å². The number of nitrogens with one attached hydrogen (secondary N) is 1. The van der Waals surface area contributed by atoms with E-state index in [-0.39, 0.29) is 5.41 Å². The first-order chi connectivity index (χ1) is 8.93. The molecule has 19 heavy (non-hydrogen) atoms. The van der Waals surface area contributed by atoms with Gasteiger partial charge in [-0.15, -0.1) is 0 Å². The summed E-state index contributed by atoms with van der Waals surface area (Å²) in [6, 6.07) is 4.39. The predicted octanol–water partition coefficient (Wildman–Crippen LogP) is 3.72. The molecule has 0 aromatic heterocycles. The third-order valence-corrected chi connectivity index (χ3v) is 4.15. The third-order valence-electron chi connectivity index (χ3n) is 4.15. The zero-order valence-corrected chi connectivity index (χ0v) is 12.7. The average Bonchev–Trinajstić information content (AvgIpc) is 2.38. The summed E-state index contributed by atoms with van der Waals surface area (Å²) in [7, 11) is 0. The van der Waals surface area contributed by atoms with E-state index in [4.69, 9.17) is 0 Å². The average molecular weight is 261 g/mol. The monoisotopic (exact) mass is 261 g/mol. The molecule has 1 saturated heterocycles. The molecule has 0 amide bonds. The summed E-state index contributed by atoms with van der Waals surface area (Å²) in [5, 5.41) is 14.1. The van der Waals surface area contributed by atoms with Crippen LogP contribution >= 0.6 is 0 Å². The molecule has 1 fully saturated rings. The van der Waals surface area contributed by atoms with Crippen LogP contribution in [-0.4, -0.2) is 18.2 Å². The van der Waals surface area contributed by atoms with E-state index in [2.05, 4.69) is 45.1 Å². The van der Waals surface area contributed by atoms with Crippen molar-refractivity contribution in [3.8, 4) is 5.75 Å². The summed E-state index contributed by atoms with van der Waals surface area (Å²) in [6.45, 7) is 10.8. The zero-order chi connectivity index (χ0) is 14.0. The molecule has 0 aliphatic carbocycles. The molecular weight excluding hydrogens is 234 g/mol. The first kappa shape index (κ1) is 14.4. The van der Waals surface area contributed by atoms with Gasteiger partial charge in [0, 0.05) is 12.5 Å². The molecule has 1 aromatic rings. The van der Waals surface area contributed by atoms with Crippen molar-refractivity contribution in [1.29, 1.82) is 0 Å². The fourth-order valence-electron chi connectivity index (χ4n) is 2.92. The van der Waals surface area contributed by atoms with Crippen LogP contribution < -0.4 is 5.32 Å². The van der Waals surface area contributed by atoms with Crippen LogP contribution in [0.4, 0.5) is 0 Å². The van der Waals surface area contributed by atoms with Gasteiger partial charge in [-0.3, -0.25) is 0 Å². The second-order valence-corrected chi connectivity index (χ2v) is 6.73. The Labute approximate surface area is 117 Å². The van der Waals surface area contributed by atoms with Crippen molar-refractivity contribution >= 4 is 0 Å². The standard InChI is InChI=1S/C17H27NO/c1-5-12-9-14(13-7-6-8-18-11-13)16(19)15(10-12)17(2,3)4/h9-10,13,18-19H,5-8,11H2,1-4H3. The number of rotatable bonds is 2. The SMILES string of the molecule is CCc1cc(C2CCCNC2)c(O)c(C(C)(C)C)c1. The Balaban J connectivity index is 2.47. The van der Waals surface area contributed by atoms with Crippen LogP contribution in [0.2, 0.25) is 0 Å². The molecule has 1 heterocycles. The highest BCUT2D eigenvalue weighted by Crippen LogP contribution is 2.39. The number of phenolic OH excluding ortho intramolecular Hbond substituents is 1. The minimum absolute atomic E-state index is 0.00783. The highest BCUT2D eigenvalue weighted by molar-refractivity contribution is 5.49. The van der Waals surface area contributed by atoms with Crippen LogP contribution in [0.15, 0.2) is 12.1 Å². The Bertz CT molecular complexity index is 439. The van der Waals surface area contributed by atoms with Gasteiger partial charge in [0.1, 0.15) is 5.75 Å². The summed E-state index contributed by atoms with van der Waals surface area (Å²) >= 11 is 0. The molecule has 0 radical (unpaired) electrons. The molecule has 2 nitrogen and oxygen atoms in total. The highest BCUT2D eigenvalue weighted by atomic mass is 16.3. The third kappa shape index (κ3) is 3.11. The lowest BCUT2D eigenvalue weighted by Gasteiger charge is -2.28. The van der Waals surface area contributed by atoms with Crippen LogP contribution in [-0.2, 0) is 11.8 Å². The molecule has 1 aliphatic rings. The fourth-order valence-corrected chi connectivity index (χ4v) is 2.92. The topological polar surface area (TPSA) is 32.3 Å². The molecule has 1 aromatic carbocycles. The summed E-state index contributed by atoms with van der Waals surface area (Å²) in [5.74, 6) is 0.986. The summed E-state index contributed by atoms with van der Waals surface area (Å²) in [4.78, 5) is 0. The van der Waals surface area contributed by atoms with Crippen LogP contribution in [0.3, 0.4) is 0 Å². The van der Waals surface area contributed by atoms with Crippen LogP contribution in [0.5, 0.6) is 5.75 Å². The Hall–Kier alpha value is -1.02. The molecule has 1 unspecified atom stereocenters. The Morgan fingerprint density at radius 2 is 2.05 bits per heavy atom. The minimum atomic E-state index is -0.00783. The van der Waals surface area contributed by atoms with Gasteiger partial charge in [-0.05, 0) is 47.9 Å². The Morgan fingerprint density at radius 1 is 1.32 bits per heavy atom. The van der Waals surface area contributed by atoms with Gasteiger partial charge in [0.15, 0.2) is 0 Å². The van der Waals surface area contributed by atoms with Crippen molar-refractivity contribution in [2.24, 2.45) is 0 Å². The van der Waals surface area contributed by atoms with Gasteiger partial charge < -0.3 is 10.4 Å². The normalized spacial score (nSPS) is 20.5. The summed E-state index contributed by atoms with van der Waals surface area (Å²) in [6.07, 6.45) is 3.40. The van der Waals surface area contributed by atoms with E-state index >= 15 is 0 Å². The molecule has 0 bridgehead atoms. The van der Waals surface area contributed by atoms with Crippen LogP contribution in [0, 0.1) is 0 Å². The van der Waals surface area contributed by atoms with E-state index in [1.807, 2.05) is 0 Å². The number of piperidine rings is 1. The van der Waals surface area contributed by atoms with Crippen LogP contribution in [0.1, 0.15) is 63.1 Å². The Morgan fingerprint density at radius 3 is 2.58 bits per heavy atom. The molecule has 2 heteroatoms. The number of phenols is 1. The second-order valence-electron chi connectivity index (χ2n) is 6.73. The predicted molar refractivity (Wildman–Crippen MR) is 81.0 cm³/mol. The van der Waals surface area contributed by atoms with Crippen molar-refractivity contribution in [3.63, 3.8) is 0 Å². The largest absolute Gasteiger partial charge is 0.507 e. The van der Waals surface area contributed by atoms with E-state index in [9.17, 15) is 5.11 Å². The lowest BCUT2D eigenvalue weighted by atomic mass is 9.80. The van der Waals surface area contributed by atoms with Crippen molar-refractivity contribution in [1.82, 2.24) is 5.32 Å². The zero-order valence-electron chi connectivity index (χ0n) is 12.7. The van der Waals surface area contributed by atoms with Gasteiger partial charge in [-0.25, -0.2) is 0 Å². The van der Waals surface area contributed by atoms with Crippen molar-refractivity contribution in [3.05, 3.63) is 28.8 Å². The summed E-state index contributed by atoms with van der Waals surface area (Å²) in [5.41, 5.74) is 3.57. The molecule has 0 saturated carbocycles. The van der Waals surface area contributed by atoms with E-state index < -0.39 is 0 Å². The smallest absolute Gasteiger partial charge is 0.122 e. The number of aryl methyl sites for hydroxylation is 1. The van der Waals surface area contributed by atoms with Gasteiger partial charge in [0.25, 0.3) is 0 Å². The van der Waals surface area contributed by atoms with E-state index in [1.54, 1.807) is 0 Å². The van der Waals surface area contributed by atoms with E-state index in [0.717, 1.165) is 30.6 Å². The molecule has 2 rings (SSSR count). The van der Waals surface area contributed by atoms with Gasteiger partial charge in [-0.2, -0.15) is 0 Å². The van der Waals surface area contributed by atoms with E-state index in [1.165, 1.54) is 18.4 Å². The minimum Gasteiger partial charge on any atom is -0.507 e. The van der Waals surface area contributed by atoms with Crippen molar-refractivity contribution in [2.45, 2.75) is 58.3 Å². The first-order valence-electron chi connectivity index (χ1n) is 7.50. The molecular formula is C17H27NO. The lowest BCUT2D eigenvalue weighted by molar-refractivity contribution is 0.411. The molecule has 0 spiro atoms. The van der Waals surface area contributed by atoms with Crippen molar-refractivity contribution in [2.75, 3.05) is 13.1 Å². The number of hydrogen-bond acceptors (Lipinski definition) is 2. The highest BCUT2D eigenvalue weighted by Gasteiger charge is 2.25. The maximum atomic E-state index is 10.7. The van der Waals surface area contributed by atoms with Crippen LogP contribution in [0.25, 0.3) is 0 Å². The van der Waals surface area contributed by atoms with Gasteiger partial charge in [0.05, 0.1) is 0 Å². The van der Waals surface area contributed by atoms with Gasteiger partial charge in [-0.1, -0.05) is 39.8 Å². The first-order valence-corrected chi connectivity index (χ1v) is 7.50. The lowest BCUT2D eigenvalue weighted by Crippen LogP contribution is -2.28. The fraction of sp³-hybridized carbons (Fsp3) is 0.647. The number of hydrogen-bond donors (Lipinski definition) is 2. The number of benzene rings is 1. The molecule has 1 atom stereocenters. The molecule has 106 valence electrons. The number of aromatic hydroxyl groups is 1. The summed E-state index contributed by atoms with van der Waals surface area (Å²) < 4.78 is 0. The molecule has 1 aliphatic heterocycles. The molecule has 2 N–H and O–H groups in total. The second kappa shape index (κ2) is 5.54. The van der Waals surface area contributed by atoms with E-state index in [0.29, 0.717) is 11.7 Å². The van der Waals surface area contributed by atoms with Gasteiger partial charge in [0.2, 0.25) is 0 Å². The Kier molecular flexibility index (Phi) is 4.19. The maximum absolute atomic E-state index is 10.7.